The first-order valence-electron chi connectivity index (χ1n) is 45.4. The fraction of sp³-hybridized carbons (Fsp3) is 0.146. The summed E-state index contributed by atoms with van der Waals surface area (Å²) < 4.78 is 34.3. The van der Waals surface area contributed by atoms with Crippen LogP contribution >= 0.6 is 0 Å². The highest BCUT2D eigenvalue weighted by molar-refractivity contribution is 5.99. The SMILES string of the molecule is Cc1cc(-c2ccccc2)cc(-c2c3ccccc3cc(C)[n+]2C)c1C.Cc1cc(-c2ccccc2)ccc1-c1c2ccccc2cc(C)[n+]1C.Cc1cc(F)c(-c2ccccc2)cc1-c1c2ccccc2cc(C)[n+]1C.Cc1ccc(-c2ccccc2)cc1-c1c2ccccc2cc(C)[n+]1C.[2H]c1cc2ccccc2c(-c2cc(-c3ccccc3)cc(C(C)C)c2C)[n+]1C. The van der Waals surface area contributed by atoms with E-state index >= 15 is 0 Å². The maximum absolute atomic E-state index is 14.7. The van der Waals surface area contributed by atoms with E-state index in [4.69, 9.17) is 1.37 Å². The van der Waals surface area contributed by atoms with Crippen molar-refractivity contribution < 1.29 is 28.6 Å². The Labute approximate surface area is 763 Å². The van der Waals surface area contributed by atoms with Crippen molar-refractivity contribution in [3.63, 3.8) is 0 Å². The highest BCUT2D eigenvalue weighted by Gasteiger charge is 2.28. The zero-order valence-corrected chi connectivity index (χ0v) is 77.5. The summed E-state index contributed by atoms with van der Waals surface area (Å²) in [7, 11) is 10.5. The molecule has 5 nitrogen and oxygen atoms in total. The fourth-order valence-electron chi connectivity index (χ4n) is 18.4. The maximum Gasteiger partial charge on any atom is 0.220 e. The summed E-state index contributed by atoms with van der Waals surface area (Å²) in [6.07, 6.45) is 0.518. The van der Waals surface area contributed by atoms with E-state index < -0.39 is 0 Å². The van der Waals surface area contributed by atoms with Crippen LogP contribution < -0.4 is 22.8 Å². The lowest BCUT2D eigenvalue weighted by molar-refractivity contribution is -0.665. The zero-order chi connectivity index (χ0) is 91.1. The van der Waals surface area contributed by atoms with Crippen LogP contribution in [0.2, 0.25) is 0 Å². The van der Waals surface area contributed by atoms with Crippen molar-refractivity contribution in [2.75, 3.05) is 0 Å². The minimum absolute atomic E-state index is 0.183. The van der Waals surface area contributed by atoms with E-state index in [-0.39, 0.29) is 5.82 Å². The van der Waals surface area contributed by atoms with Gasteiger partial charge in [0.2, 0.25) is 28.5 Å². The largest absolute Gasteiger partial charge is 0.220 e. The van der Waals surface area contributed by atoms with Gasteiger partial charge in [0.15, 0.2) is 28.9 Å². The number of nitrogens with zero attached hydrogens (tertiary/aromatic N) is 5. The third-order valence-corrected chi connectivity index (χ3v) is 26.0. The first kappa shape index (κ1) is 86.4. The molecule has 6 heteroatoms. The van der Waals surface area contributed by atoms with Crippen molar-refractivity contribution in [3.05, 3.63) is 450 Å². The molecule has 5 heterocycles. The molecule has 0 unspecified atom stereocenters. The number of hydrogen-bond donors (Lipinski definition) is 0. The monoisotopic (exact) mass is 1680 g/mol. The van der Waals surface area contributed by atoms with E-state index in [9.17, 15) is 4.39 Å². The third-order valence-electron chi connectivity index (χ3n) is 26.0. The minimum Gasteiger partial charge on any atom is -0.206 e. The van der Waals surface area contributed by atoms with Gasteiger partial charge in [-0.2, -0.15) is 18.3 Å². The third kappa shape index (κ3) is 18.5. The van der Waals surface area contributed by atoms with Crippen LogP contribution in [0, 0.1) is 75.1 Å². The summed E-state index contributed by atoms with van der Waals surface area (Å²) in [6.45, 7) is 26.2. The summed E-state index contributed by atoms with van der Waals surface area (Å²) >= 11 is 0. The van der Waals surface area contributed by atoms with Crippen molar-refractivity contribution in [1.82, 2.24) is 0 Å². The lowest BCUT2D eigenvalue weighted by Gasteiger charge is -2.17. The second-order valence-electron chi connectivity index (χ2n) is 34.8. The van der Waals surface area contributed by atoms with Crippen molar-refractivity contribution in [2.45, 2.75) is 89.0 Å². The smallest absolute Gasteiger partial charge is 0.206 e. The standard InChI is InChI=1S/C26H26N.C25H24N.C24H21FN.2C24H22N/c1-18(2)24-16-22(20-10-6-5-7-11-20)17-25(19(24)3)26-23-13-9-8-12-21(23)14-15-27(26)4;1-17-14-22(20-10-6-5-7-11-20)16-24(19(17)3)25-23-13-9-8-12-21(23)15-18(2)26(25)4;1-16-13-23(25)22(18-9-5-4-6-10-18)15-21(16)24-20-12-8-7-11-19(20)14-17(2)26(24)3;1-17-15-20(19-9-5-4-6-10-19)13-14-22(17)24-23-12-8-7-11-21(23)16-18(2)25(24)3;1-17-13-14-20(19-9-5-4-6-10-19)16-23(17)24-22-12-8-7-11-21(22)15-18(2)25(24)3/h5-18H,1-4H3;5-16H,1-4H3;4-15H,1-3H3;2*4-16H,1-3H3/q5*+1/i15D;;;;. The van der Waals surface area contributed by atoms with Crippen LogP contribution in [0.1, 0.15) is 82.9 Å². The van der Waals surface area contributed by atoms with Gasteiger partial charge in [0.1, 0.15) is 42.4 Å². The van der Waals surface area contributed by atoms with Crippen LogP contribution in [0.25, 0.3) is 166 Å². The van der Waals surface area contributed by atoms with Gasteiger partial charge in [0.25, 0.3) is 0 Å². The zero-order valence-electron chi connectivity index (χ0n) is 78.5. The van der Waals surface area contributed by atoms with Crippen molar-refractivity contribution >= 4 is 53.9 Å². The van der Waals surface area contributed by atoms with Crippen LogP contribution in [0.15, 0.2) is 382 Å². The number of halogens is 1. The molecule has 0 saturated heterocycles. The Morgan fingerprint density at radius 3 is 0.953 bits per heavy atom. The van der Waals surface area contributed by atoms with Crippen molar-refractivity contribution in [2.24, 2.45) is 35.2 Å². The molecule has 0 bridgehead atoms. The van der Waals surface area contributed by atoms with E-state index in [1.807, 2.05) is 67.1 Å². The highest BCUT2D eigenvalue weighted by atomic mass is 19.1. The normalized spacial score (nSPS) is 11.2. The summed E-state index contributed by atoms with van der Waals surface area (Å²) in [5, 5.41) is 12.4. The van der Waals surface area contributed by atoms with Crippen LogP contribution in [0.4, 0.5) is 4.39 Å². The molecule has 634 valence electrons. The van der Waals surface area contributed by atoms with Gasteiger partial charge in [-0.15, -0.1) is 0 Å². The molecule has 0 aliphatic carbocycles. The number of aromatic nitrogens is 5. The average Bonchev–Trinajstić information content (AvgIpc) is 0.720. The van der Waals surface area contributed by atoms with Gasteiger partial charge in [-0.3, -0.25) is 0 Å². The molecular weight excluding hydrogens is 1570 g/mol. The molecule has 5 aromatic heterocycles. The quantitative estimate of drug-likeness (QED) is 0.115. The van der Waals surface area contributed by atoms with E-state index in [2.05, 4.69) is 444 Å². The van der Waals surface area contributed by atoms with E-state index in [0.717, 1.165) is 33.5 Å². The highest BCUT2D eigenvalue weighted by Crippen LogP contribution is 2.41. The molecule has 0 amide bonds. The Morgan fingerprint density at radius 1 is 0.225 bits per heavy atom. The van der Waals surface area contributed by atoms with Gasteiger partial charge in [0, 0.05) is 69.2 Å². The average molecular weight is 1680 g/mol. The molecular formula is C123H115FN5+5. The number of benzene rings is 15. The van der Waals surface area contributed by atoms with Gasteiger partial charge >= 0.3 is 0 Å². The van der Waals surface area contributed by atoms with E-state index in [0.29, 0.717) is 17.7 Å². The number of fused-ring (bicyclic) bond motifs is 5. The maximum atomic E-state index is 14.7. The molecule has 15 aromatic carbocycles. The molecule has 0 aliphatic heterocycles. The lowest BCUT2D eigenvalue weighted by Crippen LogP contribution is -2.35. The fourth-order valence-corrected chi connectivity index (χ4v) is 18.4. The van der Waals surface area contributed by atoms with Crippen LogP contribution in [-0.2, 0) is 35.2 Å². The molecule has 0 radical (unpaired) electrons. The second-order valence-corrected chi connectivity index (χ2v) is 34.8. The van der Waals surface area contributed by atoms with Gasteiger partial charge < -0.3 is 0 Å². The molecule has 0 atom stereocenters. The molecule has 0 aliphatic rings. The number of rotatable bonds is 11. The Balaban J connectivity index is 0.000000119. The molecule has 0 spiro atoms. The predicted octanol–water partition coefficient (Wildman–Crippen LogP) is 29.3. The predicted molar refractivity (Wildman–Crippen MR) is 541 cm³/mol. The molecule has 0 fully saturated rings. The first-order valence-corrected chi connectivity index (χ1v) is 44.9. The Bertz CT molecular complexity index is 7610. The van der Waals surface area contributed by atoms with Crippen molar-refractivity contribution in [3.8, 4) is 112 Å². The first-order chi connectivity index (χ1) is 62.9. The molecule has 20 rings (SSSR count). The Hall–Kier alpha value is -14.7. The van der Waals surface area contributed by atoms with Gasteiger partial charge in [0.05, 0.1) is 49.2 Å². The van der Waals surface area contributed by atoms with Gasteiger partial charge in [-0.1, -0.05) is 293 Å². The van der Waals surface area contributed by atoms with Crippen LogP contribution in [0.3, 0.4) is 0 Å². The van der Waals surface area contributed by atoms with Crippen LogP contribution in [0.5, 0.6) is 0 Å². The van der Waals surface area contributed by atoms with Crippen LogP contribution in [-0.4, -0.2) is 0 Å². The van der Waals surface area contributed by atoms with E-state index in [1.54, 1.807) is 6.07 Å². The van der Waals surface area contributed by atoms with Gasteiger partial charge in [-0.25, -0.2) is 8.96 Å². The Morgan fingerprint density at radius 2 is 0.535 bits per heavy atom. The summed E-state index contributed by atoms with van der Waals surface area (Å²) in [4.78, 5) is 0. The topological polar surface area (TPSA) is 19.4 Å². The van der Waals surface area contributed by atoms with Gasteiger partial charge in [-0.05, 0) is 230 Å². The molecule has 20 aromatic rings. The summed E-state index contributed by atoms with van der Waals surface area (Å²) in [5.41, 5.74) is 37.6. The number of hydrogen-bond acceptors (Lipinski definition) is 0. The summed E-state index contributed by atoms with van der Waals surface area (Å²) in [6, 6.07) is 132. The summed E-state index contributed by atoms with van der Waals surface area (Å²) in [5.74, 6) is 0.246. The van der Waals surface area contributed by atoms with Crippen molar-refractivity contribution in [1.29, 1.82) is 0 Å². The van der Waals surface area contributed by atoms with E-state index in [1.165, 1.54) is 188 Å². The number of pyridine rings is 5. The lowest BCUT2D eigenvalue weighted by atomic mass is 9.87. The molecule has 0 N–H and O–H groups in total. The Kier molecular flexibility index (Phi) is 25.9. The number of aryl methyl sites for hydroxylation is 8. The minimum atomic E-state index is -0.183. The molecule has 129 heavy (non-hydrogen) atoms. The second kappa shape index (κ2) is 38.6. The molecule has 0 saturated carbocycles.